The van der Waals surface area contributed by atoms with Crippen LogP contribution in [0.1, 0.15) is 27.2 Å². The van der Waals surface area contributed by atoms with Crippen LogP contribution in [0.5, 0.6) is 0 Å². The maximum Gasteiger partial charge on any atom is 0.310 e. The van der Waals surface area contributed by atoms with Crippen LogP contribution >= 0.6 is 0 Å². The molecule has 0 aromatic carbocycles. The Bertz CT molecular complexity index is 488. The van der Waals surface area contributed by atoms with E-state index in [0.29, 0.717) is 13.0 Å². The summed E-state index contributed by atoms with van der Waals surface area (Å²) in [5.41, 5.74) is -0.653. The van der Waals surface area contributed by atoms with E-state index in [1.54, 1.807) is 0 Å². The molecule has 4 heteroatoms. The molecule has 4 nitrogen and oxygen atoms in total. The van der Waals surface area contributed by atoms with Crippen LogP contribution < -0.4 is 0 Å². The highest BCUT2D eigenvalue weighted by atomic mass is 16.6. The van der Waals surface area contributed by atoms with E-state index in [9.17, 15) is 9.59 Å². The molecule has 2 bridgehead atoms. The van der Waals surface area contributed by atoms with E-state index in [1.807, 2.05) is 26.8 Å². The quantitative estimate of drug-likeness (QED) is 0.402. The van der Waals surface area contributed by atoms with E-state index < -0.39 is 16.9 Å². The summed E-state index contributed by atoms with van der Waals surface area (Å²) in [4.78, 5) is 24.6. The van der Waals surface area contributed by atoms with Crippen molar-refractivity contribution in [2.24, 2.45) is 16.7 Å². The fourth-order valence-electron chi connectivity index (χ4n) is 3.88. The largest absolute Gasteiger partial charge is 0.469 e. The second-order valence-electron chi connectivity index (χ2n) is 6.17. The summed E-state index contributed by atoms with van der Waals surface area (Å²) in [7, 11) is 1.38. The van der Waals surface area contributed by atoms with Crippen molar-refractivity contribution in [3.8, 4) is 0 Å². The van der Waals surface area contributed by atoms with Crippen LogP contribution in [-0.4, -0.2) is 31.1 Å². The lowest BCUT2D eigenvalue weighted by atomic mass is 9.46. The molecule has 0 amide bonds. The number of ether oxygens (including phenoxy) is 2. The van der Waals surface area contributed by atoms with Crippen molar-refractivity contribution in [2.45, 2.75) is 32.8 Å². The molecule has 18 heavy (non-hydrogen) atoms. The molecule has 0 radical (unpaired) electrons. The number of fused-ring (bicyclic) bond motifs is 1. The Morgan fingerprint density at radius 3 is 2.61 bits per heavy atom. The lowest BCUT2D eigenvalue weighted by Crippen LogP contribution is -2.63. The lowest BCUT2D eigenvalue weighted by molar-refractivity contribution is -0.165. The molecule has 0 aromatic heterocycles. The van der Waals surface area contributed by atoms with Gasteiger partial charge >= 0.3 is 5.97 Å². The maximum absolute atomic E-state index is 12.7. The van der Waals surface area contributed by atoms with Gasteiger partial charge in [0, 0.05) is 5.41 Å². The highest BCUT2D eigenvalue weighted by Gasteiger charge is 2.76. The van der Waals surface area contributed by atoms with Crippen LogP contribution in [0.15, 0.2) is 11.6 Å². The number of carbonyl (C=O) groups excluding carboxylic acids is 2. The number of carbonyl (C=O) groups is 2. The van der Waals surface area contributed by atoms with E-state index >= 15 is 0 Å². The highest BCUT2D eigenvalue weighted by Crippen LogP contribution is 2.66. The zero-order valence-electron chi connectivity index (χ0n) is 11.2. The molecule has 1 spiro atoms. The Morgan fingerprint density at radius 2 is 2.11 bits per heavy atom. The van der Waals surface area contributed by atoms with Gasteiger partial charge in [0.1, 0.15) is 0 Å². The van der Waals surface area contributed by atoms with Crippen molar-refractivity contribution < 1.29 is 19.1 Å². The minimum absolute atomic E-state index is 0.0461. The van der Waals surface area contributed by atoms with Gasteiger partial charge in [-0.25, -0.2) is 0 Å². The zero-order chi connectivity index (χ0) is 13.3. The maximum atomic E-state index is 12.7. The van der Waals surface area contributed by atoms with Gasteiger partial charge in [-0.15, -0.1) is 0 Å². The fraction of sp³-hybridized carbons (Fsp3) is 0.714. The van der Waals surface area contributed by atoms with E-state index in [2.05, 4.69) is 0 Å². The molecule has 1 aliphatic heterocycles. The molecular formula is C14H18O4. The number of methoxy groups -OCH3 is 1. The Hall–Kier alpha value is -1.16. The van der Waals surface area contributed by atoms with Gasteiger partial charge in [0.25, 0.3) is 0 Å². The number of hydrogen-bond acceptors (Lipinski definition) is 4. The predicted molar refractivity (Wildman–Crippen MR) is 63.8 cm³/mol. The van der Waals surface area contributed by atoms with Crippen molar-refractivity contribution >= 4 is 11.8 Å². The molecule has 0 N–H and O–H groups in total. The van der Waals surface area contributed by atoms with Gasteiger partial charge in [-0.2, -0.15) is 0 Å². The third-order valence-electron chi connectivity index (χ3n) is 5.39. The SMILES string of the molecule is COC(=O)C1CC2(C)C(C)=CC1(C)C(=O)C21CO1. The number of Topliss-reactive ketones (excluding diaryl/α,β-unsaturated/α-hetero) is 1. The molecule has 1 heterocycles. The number of rotatable bonds is 1. The third-order valence-corrected chi connectivity index (χ3v) is 5.39. The Morgan fingerprint density at radius 1 is 1.50 bits per heavy atom. The minimum atomic E-state index is -0.772. The molecule has 98 valence electrons. The lowest BCUT2D eigenvalue weighted by Gasteiger charge is -2.54. The second kappa shape index (κ2) is 3.05. The molecule has 0 aromatic rings. The highest BCUT2D eigenvalue weighted by molar-refractivity contribution is 6.03. The standard InChI is InChI=1S/C14H18O4/c1-8-5-12(2)9(10(15)17-4)6-13(8,3)14(7-18-14)11(12)16/h5,9H,6-7H2,1-4H3. The van der Waals surface area contributed by atoms with Gasteiger partial charge in [0.15, 0.2) is 11.4 Å². The Labute approximate surface area is 106 Å². The first kappa shape index (κ1) is 11.9. The van der Waals surface area contributed by atoms with Gasteiger partial charge in [0.2, 0.25) is 0 Å². The molecule has 1 saturated heterocycles. The van der Waals surface area contributed by atoms with Gasteiger partial charge < -0.3 is 9.47 Å². The summed E-state index contributed by atoms with van der Waals surface area (Å²) in [5, 5.41) is 0. The van der Waals surface area contributed by atoms with Crippen LogP contribution in [0, 0.1) is 16.7 Å². The van der Waals surface area contributed by atoms with E-state index in [-0.39, 0.29) is 17.2 Å². The van der Waals surface area contributed by atoms with Crippen molar-refractivity contribution in [1.29, 1.82) is 0 Å². The summed E-state index contributed by atoms with van der Waals surface area (Å²) in [6.45, 7) is 6.37. The van der Waals surface area contributed by atoms with E-state index in [4.69, 9.17) is 9.47 Å². The Kier molecular flexibility index (Phi) is 2.01. The van der Waals surface area contributed by atoms with Crippen LogP contribution in [0.3, 0.4) is 0 Å². The van der Waals surface area contributed by atoms with Crippen molar-refractivity contribution in [3.05, 3.63) is 11.6 Å². The first-order valence-electron chi connectivity index (χ1n) is 6.28. The average Bonchev–Trinajstić information content (AvgIpc) is 3.11. The van der Waals surface area contributed by atoms with Gasteiger partial charge in [-0.1, -0.05) is 18.6 Å². The van der Waals surface area contributed by atoms with Gasteiger partial charge in [-0.05, 0) is 20.3 Å². The first-order chi connectivity index (χ1) is 8.32. The molecule has 4 aliphatic rings. The van der Waals surface area contributed by atoms with Gasteiger partial charge in [-0.3, -0.25) is 9.59 Å². The number of hydrogen-bond donors (Lipinski definition) is 0. The number of epoxide rings is 1. The van der Waals surface area contributed by atoms with Crippen molar-refractivity contribution in [2.75, 3.05) is 13.7 Å². The van der Waals surface area contributed by atoms with E-state index in [1.165, 1.54) is 7.11 Å². The number of ketones is 1. The molecule has 4 rings (SSSR count). The smallest absolute Gasteiger partial charge is 0.310 e. The van der Waals surface area contributed by atoms with E-state index in [0.717, 1.165) is 5.57 Å². The number of esters is 1. The van der Waals surface area contributed by atoms with Crippen LogP contribution in [0.4, 0.5) is 0 Å². The minimum Gasteiger partial charge on any atom is -0.469 e. The average molecular weight is 250 g/mol. The summed E-state index contributed by atoms with van der Waals surface area (Å²) in [6.07, 6.45) is 2.58. The predicted octanol–water partition coefficient (Wildman–Crippen LogP) is 1.49. The number of allylic oxidation sites excluding steroid dienone is 1. The summed E-state index contributed by atoms with van der Waals surface area (Å²) in [6, 6.07) is 0. The molecule has 3 aliphatic carbocycles. The van der Waals surface area contributed by atoms with Crippen molar-refractivity contribution in [3.63, 3.8) is 0 Å². The second-order valence-corrected chi connectivity index (χ2v) is 6.17. The van der Waals surface area contributed by atoms with Crippen LogP contribution in [0.2, 0.25) is 0 Å². The monoisotopic (exact) mass is 250 g/mol. The third kappa shape index (κ3) is 1.02. The Balaban J connectivity index is 2.16. The van der Waals surface area contributed by atoms with Crippen LogP contribution in [0.25, 0.3) is 0 Å². The fourth-order valence-corrected chi connectivity index (χ4v) is 3.88. The molecular weight excluding hydrogens is 232 g/mol. The van der Waals surface area contributed by atoms with Gasteiger partial charge in [0.05, 0.1) is 25.0 Å². The topological polar surface area (TPSA) is 55.9 Å². The first-order valence-corrected chi connectivity index (χ1v) is 6.28. The normalized spacial score (nSPS) is 49.2. The molecule has 4 atom stereocenters. The molecule has 4 unspecified atom stereocenters. The zero-order valence-corrected chi connectivity index (χ0v) is 11.2. The van der Waals surface area contributed by atoms with Crippen LogP contribution in [-0.2, 0) is 19.1 Å². The van der Waals surface area contributed by atoms with Crippen molar-refractivity contribution in [1.82, 2.24) is 0 Å². The summed E-state index contributed by atoms with van der Waals surface area (Å²) < 4.78 is 10.4. The molecule has 1 saturated carbocycles. The summed E-state index contributed by atoms with van der Waals surface area (Å²) >= 11 is 0. The summed E-state index contributed by atoms with van der Waals surface area (Å²) in [5.74, 6) is -0.639. The molecule has 2 fully saturated rings.